The molecule has 2 unspecified atom stereocenters. The molecule has 1 amide bonds. The number of alkyl halides is 1. The zero-order valence-electron chi connectivity index (χ0n) is 9.30. The fraction of sp³-hybridized carbons (Fsp3) is 0.909. The first-order valence-electron chi connectivity index (χ1n) is 5.71. The topological polar surface area (TPSA) is 38.3 Å². The van der Waals surface area contributed by atoms with E-state index >= 15 is 0 Å². The van der Waals surface area contributed by atoms with Crippen LogP contribution in [0.15, 0.2) is 0 Å². The average molecular weight is 278 g/mol. The quantitative estimate of drug-likeness (QED) is 0.597. The van der Waals surface area contributed by atoms with Crippen molar-refractivity contribution in [3.05, 3.63) is 0 Å². The van der Waals surface area contributed by atoms with E-state index in [1.54, 1.807) is 0 Å². The number of unbranched alkanes of at least 4 members (excludes halogenated alkanes) is 2. The highest BCUT2D eigenvalue weighted by Gasteiger charge is 2.30. The predicted octanol–water partition coefficient (Wildman–Crippen LogP) is 2.09. The minimum atomic E-state index is -0.207. The highest BCUT2D eigenvalue weighted by atomic mass is 79.9. The average Bonchev–Trinajstić information content (AvgIpc) is 2.64. The van der Waals surface area contributed by atoms with Gasteiger partial charge in [0.25, 0.3) is 0 Å². The Kier molecular flexibility index (Phi) is 6.25. The summed E-state index contributed by atoms with van der Waals surface area (Å²) in [6.45, 7) is 3.57. The summed E-state index contributed by atoms with van der Waals surface area (Å²) in [5, 5.41) is 3.98. The highest BCUT2D eigenvalue weighted by molar-refractivity contribution is 9.09. The Labute approximate surface area is 100 Å². The van der Waals surface area contributed by atoms with Crippen molar-refractivity contribution in [2.75, 3.05) is 18.5 Å². The van der Waals surface area contributed by atoms with E-state index in [0.717, 1.165) is 37.7 Å². The third-order valence-corrected chi connectivity index (χ3v) is 3.32. The standard InChI is InChI=1S/C11H20BrNO2/c1-9-5-8-15-10(9)11(14)13-7-4-2-3-6-12/h9-10H,2-8H2,1H3,(H,13,14). The van der Waals surface area contributed by atoms with Gasteiger partial charge in [0.05, 0.1) is 0 Å². The molecule has 1 N–H and O–H groups in total. The van der Waals surface area contributed by atoms with Gasteiger partial charge in [-0.05, 0) is 25.2 Å². The van der Waals surface area contributed by atoms with Gasteiger partial charge in [-0.3, -0.25) is 4.79 Å². The number of hydrogen-bond acceptors (Lipinski definition) is 2. The van der Waals surface area contributed by atoms with Crippen molar-refractivity contribution < 1.29 is 9.53 Å². The first-order chi connectivity index (χ1) is 7.25. The third kappa shape index (κ3) is 4.51. The Hall–Kier alpha value is -0.0900. The molecule has 0 aromatic heterocycles. The van der Waals surface area contributed by atoms with Gasteiger partial charge in [0.1, 0.15) is 6.10 Å². The summed E-state index contributed by atoms with van der Waals surface area (Å²) in [5.74, 6) is 0.436. The Morgan fingerprint density at radius 2 is 2.27 bits per heavy atom. The first-order valence-corrected chi connectivity index (χ1v) is 6.83. The second-order valence-electron chi connectivity index (χ2n) is 4.10. The van der Waals surface area contributed by atoms with Crippen LogP contribution in [0.1, 0.15) is 32.6 Å². The number of hydrogen-bond donors (Lipinski definition) is 1. The van der Waals surface area contributed by atoms with Gasteiger partial charge >= 0.3 is 0 Å². The van der Waals surface area contributed by atoms with E-state index in [-0.39, 0.29) is 12.0 Å². The lowest BCUT2D eigenvalue weighted by Crippen LogP contribution is -2.37. The van der Waals surface area contributed by atoms with Gasteiger partial charge in [-0.1, -0.05) is 29.3 Å². The zero-order valence-corrected chi connectivity index (χ0v) is 10.9. The number of ether oxygens (including phenoxy) is 1. The SMILES string of the molecule is CC1CCOC1C(=O)NCCCCCBr. The number of carbonyl (C=O) groups is 1. The molecule has 4 heteroatoms. The third-order valence-electron chi connectivity index (χ3n) is 2.76. The maximum atomic E-state index is 11.6. The first kappa shape index (κ1) is 13.0. The Bertz CT molecular complexity index is 199. The molecule has 1 saturated heterocycles. The lowest BCUT2D eigenvalue weighted by Gasteiger charge is -2.14. The maximum Gasteiger partial charge on any atom is 0.249 e. The molecule has 0 spiro atoms. The van der Waals surface area contributed by atoms with E-state index in [9.17, 15) is 4.79 Å². The smallest absolute Gasteiger partial charge is 0.249 e. The van der Waals surface area contributed by atoms with Crippen molar-refractivity contribution in [1.82, 2.24) is 5.32 Å². The molecule has 1 aliphatic rings. The molecule has 3 nitrogen and oxygen atoms in total. The number of carbonyl (C=O) groups excluding carboxylic acids is 1. The lowest BCUT2D eigenvalue weighted by atomic mass is 10.0. The minimum absolute atomic E-state index is 0.0684. The fourth-order valence-corrected chi connectivity index (χ4v) is 2.14. The summed E-state index contributed by atoms with van der Waals surface area (Å²) < 4.78 is 5.39. The Morgan fingerprint density at radius 1 is 1.47 bits per heavy atom. The molecule has 15 heavy (non-hydrogen) atoms. The van der Waals surface area contributed by atoms with Crippen molar-refractivity contribution in [2.45, 2.75) is 38.7 Å². The van der Waals surface area contributed by atoms with Gasteiger partial charge in [0.15, 0.2) is 0 Å². The van der Waals surface area contributed by atoms with Crippen molar-refractivity contribution in [3.8, 4) is 0 Å². The van der Waals surface area contributed by atoms with Crippen LogP contribution in [0.4, 0.5) is 0 Å². The maximum absolute atomic E-state index is 11.6. The van der Waals surface area contributed by atoms with Crippen LogP contribution in [0, 0.1) is 5.92 Å². The van der Waals surface area contributed by atoms with Crippen LogP contribution in [0.2, 0.25) is 0 Å². The Balaban J connectivity index is 2.08. The van der Waals surface area contributed by atoms with Gasteiger partial charge in [-0.25, -0.2) is 0 Å². The molecule has 2 atom stereocenters. The fourth-order valence-electron chi connectivity index (χ4n) is 1.74. The molecule has 0 bridgehead atoms. The molecule has 1 aliphatic heterocycles. The molecule has 1 rings (SSSR count). The van der Waals surface area contributed by atoms with E-state index in [1.165, 1.54) is 6.42 Å². The molecular formula is C11H20BrNO2. The predicted molar refractivity (Wildman–Crippen MR) is 64.2 cm³/mol. The van der Waals surface area contributed by atoms with Crippen LogP contribution in [0.5, 0.6) is 0 Å². The summed E-state index contributed by atoms with van der Waals surface area (Å²) in [6, 6.07) is 0. The van der Waals surface area contributed by atoms with Crippen molar-refractivity contribution in [3.63, 3.8) is 0 Å². The normalized spacial score (nSPS) is 25.5. The lowest BCUT2D eigenvalue weighted by molar-refractivity contribution is -0.131. The molecular weight excluding hydrogens is 258 g/mol. The van der Waals surface area contributed by atoms with Crippen LogP contribution in [0.3, 0.4) is 0 Å². The van der Waals surface area contributed by atoms with E-state index in [1.807, 2.05) is 0 Å². The molecule has 88 valence electrons. The van der Waals surface area contributed by atoms with Crippen LogP contribution < -0.4 is 5.32 Å². The number of rotatable bonds is 6. The monoisotopic (exact) mass is 277 g/mol. The largest absolute Gasteiger partial charge is 0.368 e. The number of nitrogens with one attached hydrogen (secondary N) is 1. The Morgan fingerprint density at radius 3 is 2.87 bits per heavy atom. The van der Waals surface area contributed by atoms with Gasteiger partial charge in [0, 0.05) is 18.5 Å². The summed E-state index contributed by atoms with van der Waals surface area (Å²) >= 11 is 3.38. The molecule has 0 aliphatic carbocycles. The highest BCUT2D eigenvalue weighted by Crippen LogP contribution is 2.19. The van der Waals surface area contributed by atoms with Crippen LogP contribution in [0.25, 0.3) is 0 Å². The second kappa shape index (κ2) is 7.23. The van der Waals surface area contributed by atoms with Crippen molar-refractivity contribution in [1.29, 1.82) is 0 Å². The summed E-state index contributed by atoms with van der Waals surface area (Å²) in [5.41, 5.74) is 0. The molecule has 0 aromatic carbocycles. The second-order valence-corrected chi connectivity index (χ2v) is 4.89. The van der Waals surface area contributed by atoms with Gasteiger partial charge in [0.2, 0.25) is 5.91 Å². The molecule has 0 radical (unpaired) electrons. The van der Waals surface area contributed by atoms with Crippen molar-refractivity contribution in [2.24, 2.45) is 5.92 Å². The van der Waals surface area contributed by atoms with Crippen LogP contribution in [-0.2, 0) is 9.53 Å². The van der Waals surface area contributed by atoms with E-state index < -0.39 is 0 Å². The number of halogens is 1. The van der Waals surface area contributed by atoms with Gasteiger partial charge < -0.3 is 10.1 Å². The van der Waals surface area contributed by atoms with Crippen LogP contribution in [-0.4, -0.2) is 30.5 Å². The zero-order chi connectivity index (χ0) is 11.1. The summed E-state index contributed by atoms with van der Waals surface area (Å²) in [7, 11) is 0. The van der Waals surface area contributed by atoms with E-state index in [4.69, 9.17) is 4.74 Å². The minimum Gasteiger partial charge on any atom is -0.368 e. The molecule has 1 heterocycles. The van der Waals surface area contributed by atoms with E-state index in [2.05, 4.69) is 28.2 Å². The van der Waals surface area contributed by atoms with Crippen LogP contribution >= 0.6 is 15.9 Å². The molecule has 0 aromatic rings. The molecule has 0 saturated carbocycles. The summed E-state index contributed by atoms with van der Waals surface area (Å²) in [6.07, 6.45) is 4.18. The van der Waals surface area contributed by atoms with Gasteiger partial charge in [-0.15, -0.1) is 0 Å². The summed E-state index contributed by atoms with van der Waals surface area (Å²) in [4.78, 5) is 11.6. The number of amides is 1. The van der Waals surface area contributed by atoms with E-state index in [0.29, 0.717) is 5.92 Å². The van der Waals surface area contributed by atoms with Gasteiger partial charge in [-0.2, -0.15) is 0 Å². The molecule has 1 fully saturated rings. The van der Waals surface area contributed by atoms with Crippen molar-refractivity contribution >= 4 is 21.8 Å².